The van der Waals surface area contributed by atoms with Gasteiger partial charge in [0.15, 0.2) is 0 Å². The van der Waals surface area contributed by atoms with Crippen LogP contribution in [0.1, 0.15) is 18.9 Å². The topological polar surface area (TPSA) is 58.2 Å². The van der Waals surface area contributed by atoms with Gasteiger partial charge in [0.25, 0.3) is 0 Å². The molecular weight excluding hydrogens is 216 g/mol. The van der Waals surface area contributed by atoms with E-state index in [0.29, 0.717) is 0 Å². The first-order chi connectivity index (χ1) is 8.15. The van der Waals surface area contributed by atoms with Gasteiger partial charge in [-0.2, -0.15) is 0 Å². The molecule has 1 heterocycles. The van der Waals surface area contributed by atoms with Crippen molar-refractivity contribution in [3.8, 4) is 0 Å². The third-order valence-electron chi connectivity index (χ3n) is 2.84. The average molecular weight is 232 g/mol. The zero-order valence-electron chi connectivity index (χ0n) is 9.77. The van der Waals surface area contributed by atoms with Gasteiger partial charge >= 0.3 is 0 Å². The smallest absolute Gasteiger partial charge is 0.244 e. The Morgan fingerprint density at radius 1 is 1.35 bits per heavy atom. The maximum absolute atomic E-state index is 11.4. The van der Waals surface area contributed by atoms with Crippen LogP contribution in [0.15, 0.2) is 30.3 Å². The maximum Gasteiger partial charge on any atom is 0.244 e. The van der Waals surface area contributed by atoms with Gasteiger partial charge in [0, 0.05) is 6.04 Å². The van der Waals surface area contributed by atoms with Gasteiger partial charge in [-0.25, -0.2) is 0 Å². The minimum absolute atomic E-state index is 0.166. The summed E-state index contributed by atoms with van der Waals surface area (Å²) in [5.41, 5.74) is 1.22. The average Bonchev–Trinajstić information content (AvgIpc) is 2.58. The van der Waals surface area contributed by atoms with Crippen LogP contribution in [-0.2, 0) is 16.0 Å². The molecule has 1 saturated heterocycles. The van der Waals surface area contributed by atoms with Crippen LogP contribution in [-0.4, -0.2) is 23.9 Å². The monoisotopic (exact) mass is 232 g/mol. The Bertz CT molecular complexity index is 417. The molecule has 2 N–H and O–H groups in total. The van der Waals surface area contributed by atoms with E-state index < -0.39 is 0 Å². The molecule has 0 saturated carbocycles. The molecule has 1 aromatic rings. The lowest BCUT2D eigenvalue weighted by molar-refractivity contribution is -0.125. The van der Waals surface area contributed by atoms with E-state index in [9.17, 15) is 9.59 Å². The third-order valence-corrected chi connectivity index (χ3v) is 2.84. The molecule has 90 valence electrons. The first kappa shape index (κ1) is 11.8. The van der Waals surface area contributed by atoms with Crippen molar-refractivity contribution in [1.82, 2.24) is 10.6 Å². The molecule has 1 aliphatic rings. The Hall–Kier alpha value is -1.68. The van der Waals surface area contributed by atoms with Crippen molar-refractivity contribution in [2.24, 2.45) is 0 Å². The molecule has 4 heteroatoms. The fourth-order valence-corrected chi connectivity index (χ4v) is 2.06. The minimum atomic E-state index is -0.374. The molecule has 1 fully saturated rings. The normalized spacial score (nSPS) is 21.4. The summed E-state index contributed by atoms with van der Waals surface area (Å²) in [6.07, 6.45) is 1.09. The summed E-state index contributed by atoms with van der Waals surface area (Å²) in [6.45, 7) is 2.02. The van der Waals surface area contributed by atoms with Crippen molar-refractivity contribution in [3.05, 3.63) is 35.9 Å². The van der Waals surface area contributed by atoms with Gasteiger partial charge in [0.05, 0.1) is 12.5 Å². The summed E-state index contributed by atoms with van der Waals surface area (Å²) in [4.78, 5) is 22.4. The Balaban J connectivity index is 1.87. The van der Waals surface area contributed by atoms with Crippen LogP contribution >= 0.6 is 0 Å². The van der Waals surface area contributed by atoms with E-state index >= 15 is 0 Å². The minimum Gasteiger partial charge on any atom is -0.303 e. The van der Waals surface area contributed by atoms with Gasteiger partial charge in [-0.1, -0.05) is 30.3 Å². The van der Waals surface area contributed by atoms with Crippen molar-refractivity contribution < 1.29 is 9.59 Å². The van der Waals surface area contributed by atoms with Crippen molar-refractivity contribution in [3.63, 3.8) is 0 Å². The van der Waals surface area contributed by atoms with Crippen LogP contribution in [0.3, 0.4) is 0 Å². The molecule has 2 unspecified atom stereocenters. The quantitative estimate of drug-likeness (QED) is 0.748. The molecule has 17 heavy (non-hydrogen) atoms. The van der Waals surface area contributed by atoms with E-state index in [1.807, 2.05) is 25.1 Å². The predicted molar refractivity (Wildman–Crippen MR) is 64.3 cm³/mol. The van der Waals surface area contributed by atoms with Gasteiger partial charge in [-0.3, -0.25) is 14.9 Å². The maximum atomic E-state index is 11.4. The summed E-state index contributed by atoms with van der Waals surface area (Å²) in [6, 6.07) is 9.86. The number of hydrogen-bond donors (Lipinski definition) is 2. The number of hydrogen-bond acceptors (Lipinski definition) is 3. The Morgan fingerprint density at radius 3 is 2.65 bits per heavy atom. The lowest BCUT2D eigenvalue weighted by Gasteiger charge is -2.17. The van der Waals surface area contributed by atoms with Crippen molar-refractivity contribution in [2.45, 2.75) is 31.8 Å². The van der Waals surface area contributed by atoms with Crippen molar-refractivity contribution in [1.29, 1.82) is 0 Å². The third kappa shape index (κ3) is 3.14. The summed E-state index contributed by atoms with van der Waals surface area (Å²) < 4.78 is 0. The van der Waals surface area contributed by atoms with Crippen LogP contribution in [0.4, 0.5) is 0 Å². The van der Waals surface area contributed by atoms with E-state index in [2.05, 4.69) is 22.8 Å². The molecule has 4 nitrogen and oxygen atoms in total. The first-order valence-electron chi connectivity index (χ1n) is 5.79. The summed E-state index contributed by atoms with van der Waals surface area (Å²) >= 11 is 0. The highest BCUT2D eigenvalue weighted by molar-refractivity contribution is 6.05. The van der Waals surface area contributed by atoms with Crippen LogP contribution in [0.25, 0.3) is 0 Å². The second-order valence-electron chi connectivity index (χ2n) is 4.43. The van der Waals surface area contributed by atoms with Crippen molar-refractivity contribution >= 4 is 11.8 Å². The van der Waals surface area contributed by atoms with Gasteiger partial charge in [0.2, 0.25) is 11.8 Å². The molecule has 0 bridgehead atoms. The second kappa shape index (κ2) is 5.10. The highest BCUT2D eigenvalue weighted by Gasteiger charge is 2.30. The Morgan fingerprint density at radius 2 is 2.06 bits per heavy atom. The Kier molecular flexibility index (Phi) is 3.54. The van der Waals surface area contributed by atoms with E-state index in [1.54, 1.807) is 0 Å². The fourth-order valence-electron chi connectivity index (χ4n) is 2.06. The SMILES string of the molecule is CC(Cc1ccccc1)NC1CC(=O)NC1=O. The van der Waals surface area contributed by atoms with Crippen LogP contribution in [0, 0.1) is 0 Å². The summed E-state index contributed by atoms with van der Waals surface area (Å²) in [5, 5.41) is 5.47. The number of benzene rings is 1. The molecule has 0 aromatic heterocycles. The van der Waals surface area contributed by atoms with E-state index in [0.717, 1.165) is 6.42 Å². The molecule has 1 aliphatic heterocycles. The lowest BCUT2D eigenvalue weighted by Crippen LogP contribution is -2.42. The molecule has 2 amide bonds. The lowest BCUT2D eigenvalue weighted by atomic mass is 10.1. The molecule has 0 spiro atoms. The second-order valence-corrected chi connectivity index (χ2v) is 4.43. The van der Waals surface area contributed by atoms with E-state index in [4.69, 9.17) is 0 Å². The predicted octanol–water partition coefficient (Wildman–Crippen LogP) is 0.622. The van der Waals surface area contributed by atoms with E-state index in [-0.39, 0.29) is 30.3 Å². The number of carbonyl (C=O) groups is 2. The number of nitrogens with one attached hydrogen (secondary N) is 2. The highest BCUT2D eigenvalue weighted by Crippen LogP contribution is 2.07. The van der Waals surface area contributed by atoms with Gasteiger partial charge in [-0.15, -0.1) is 0 Å². The Labute approximate surface area is 100 Å². The number of carbonyl (C=O) groups excluding carboxylic acids is 2. The largest absolute Gasteiger partial charge is 0.303 e. The van der Waals surface area contributed by atoms with E-state index in [1.165, 1.54) is 5.56 Å². The molecular formula is C13H16N2O2. The fraction of sp³-hybridized carbons (Fsp3) is 0.385. The zero-order valence-corrected chi connectivity index (χ0v) is 9.77. The van der Waals surface area contributed by atoms with Gasteiger partial charge in [-0.05, 0) is 18.9 Å². The zero-order chi connectivity index (χ0) is 12.3. The summed E-state index contributed by atoms with van der Waals surface area (Å²) in [7, 11) is 0. The van der Waals surface area contributed by atoms with Gasteiger partial charge < -0.3 is 5.32 Å². The van der Waals surface area contributed by atoms with Crippen LogP contribution in [0.5, 0.6) is 0 Å². The molecule has 2 rings (SSSR count). The molecule has 0 radical (unpaired) electrons. The molecule has 2 atom stereocenters. The highest BCUT2D eigenvalue weighted by atomic mass is 16.2. The number of amides is 2. The summed E-state index contributed by atoms with van der Waals surface area (Å²) in [5.74, 6) is -0.408. The van der Waals surface area contributed by atoms with Gasteiger partial charge in [0.1, 0.15) is 0 Å². The first-order valence-corrected chi connectivity index (χ1v) is 5.79. The van der Waals surface area contributed by atoms with Crippen molar-refractivity contribution in [2.75, 3.05) is 0 Å². The van der Waals surface area contributed by atoms with Crippen LogP contribution in [0.2, 0.25) is 0 Å². The molecule has 1 aromatic carbocycles. The number of imide groups is 1. The number of rotatable bonds is 4. The molecule has 0 aliphatic carbocycles. The standard InChI is InChI=1S/C13H16N2O2/c1-9(7-10-5-3-2-4-6-10)14-11-8-12(16)15-13(11)17/h2-6,9,11,14H,7-8H2,1H3,(H,15,16,17). The van der Waals surface area contributed by atoms with Crippen LogP contribution < -0.4 is 10.6 Å².